The van der Waals surface area contributed by atoms with Crippen LogP contribution in [0.5, 0.6) is 0 Å². The van der Waals surface area contributed by atoms with Crippen LogP contribution in [0.3, 0.4) is 0 Å². The Hall–Kier alpha value is -0.693. The van der Waals surface area contributed by atoms with Gasteiger partial charge in [-0.05, 0) is 50.8 Å². The molecule has 5 nitrogen and oxygen atoms in total. The van der Waals surface area contributed by atoms with Crippen LogP contribution in [0.15, 0.2) is 12.2 Å². The molecule has 0 saturated carbocycles. The minimum Gasteiger partial charge on any atom is -0.455 e. The van der Waals surface area contributed by atoms with Gasteiger partial charge in [-0.3, -0.25) is 9.69 Å². The maximum absolute atomic E-state index is 12.6. The Labute approximate surface area is 185 Å². The second-order valence-corrected chi connectivity index (χ2v) is 15.7. The molecule has 2 rings (SSSR count). The first kappa shape index (κ1) is 25.6. The number of cyclic esters (lactones) is 1. The predicted molar refractivity (Wildman–Crippen MR) is 126 cm³/mol. The van der Waals surface area contributed by atoms with Crippen molar-refractivity contribution in [2.45, 2.75) is 115 Å². The van der Waals surface area contributed by atoms with Crippen LogP contribution >= 0.6 is 0 Å². The van der Waals surface area contributed by atoms with E-state index in [1.54, 1.807) is 0 Å². The zero-order valence-electron chi connectivity index (χ0n) is 20.4. The third-order valence-corrected chi connectivity index (χ3v) is 8.71. The number of likely N-dealkylation sites (tertiary alicyclic amines) is 1. The topological polar surface area (TPSA) is 48.0 Å². The van der Waals surface area contributed by atoms with Crippen molar-refractivity contribution in [1.82, 2.24) is 4.90 Å². The van der Waals surface area contributed by atoms with Crippen molar-refractivity contribution in [2.75, 3.05) is 20.3 Å². The van der Waals surface area contributed by atoms with Crippen LogP contribution in [0.1, 0.15) is 59.3 Å². The molecule has 2 fully saturated rings. The lowest BCUT2D eigenvalue weighted by atomic mass is 9.84. The zero-order valence-corrected chi connectivity index (χ0v) is 21.4. The van der Waals surface area contributed by atoms with Gasteiger partial charge in [0.1, 0.15) is 12.2 Å². The van der Waals surface area contributed by atoms with E-state index in [9.17, 15) is 4.79 Å². The highest BCUT2D eigenvalue weighted by Crippen LogP contribution is 2.39. The number of methoxy groups -OCH3 is 1. The highest BCUT2D eigenvalue weighted by molar-refractivity contribution is 6.76. The summed E-state index contributed by atoms with van der Waals surface area (Å²) in [6, 6.07) is 1.47. The lowest BCUT2D eigenvalue weighted by Crippen LogP contribution is -2.61. The number of carbonyl (C=O) groups is 1. The van der Waals surface area contributed by atoms with Crippen molar-refractivity contribution in [1.29, 1.82) is 0 Å². The maximum Gasteiger partial charge on any atom is 0.308 e. The Morgan fingerprint density at radius 3 is 2.50 bits per heavy atom. The first-order chi connectivity index (χ1) is 14.2. The molecule has 0 aromatic heterocycles. The molecule has 4 atom stereocenters. The number of ether oxygens (including phenoxy) is 3. The van der Waals surface area contributed by atoms with Crippen molar-refractivity contribution in [3.63, 3.8) is 0 Å². The Balaban J connectivity index is 2.31. The summed E-state index contributed by atoms with van der Waals surface area (Å²) in [5.41, 5.74) is -0.171. The lowest BCUT2D eigenvalue weighted by Gasteiger charge is -2.48. The summed E-state index contributed by atoms with van der Waals surface area (Å²) in [4.78, 5) is 15.1. The van der Waals surface area contributed by atoms with Gasteiger partial charge in [0.2, 0.25) is 0 Å². The molecule has 0 amide bonds. The van der Waals surface area contributed by atoms with Crippen molar-refractivity contribution >= 4 is 14.0 Å². The second-order valence-electron chi connectivity index (χ2n) is 10.1. The Kier molecular flexibility index (Phi) is 9.59. The molecule has 30 heavy (non-hydrogen) atoms. The standard InChI is InChI=1S/C24H45NO4Si/c1-8-11-13-20-23(28-16-17-30(5,6)7)19(18-22(26)29-20)25-15-12-14-21(25)24(9-2,10-3)27-4/h11,13,19-21,23H,8-10,12,14-18H2,1-7H3/b13-11+/t19?,20-,21+,23-/m1/s1. The van der Waals surface area contributed by atoms with E-state index in [1.807, 2.05) is 13.2 Å². The first-order valence-corrected chi connectivity index (χ1v) is 15.7. The summed E-state index contributed by atoms with van der Waals surface area (Å²) in [5, 5.41) is 0. The number of esters is 1. The molecule has 2 saturated heterocycles. The average Bonchev–Trinajstić information content (AvgIpc) is 3.18. The summed E-state index contributed by atoms with van der Waals surface area (Å²) in [6.07, 6.45) is 9.22. The fraction of sp³-hybridized carbons (Fsp3) is 0.875. The van der Waals surface area contributed by atoms with E-state index in [1.165, 1.54) is 0 Å². The monoisotopic (exact) mass is 439 g/mol. The van der Waals surface area contributed by atoms with Crippen LogP contribution in [-0.2, 0) is 19.0 Å². The van der Waals surface area contributed by atoms with Gasteiger partial charge in [0.05, 0.1) is 18.1 Å². The number of rotatable bonds is 11. The van der Waals surface area contributed by atoms with Gasteiger partial charge < -0.3 is 14.2 Å². The van der Waals surface area contributed by atoms with E-state index in [0.29, 0.717) is 12.5 Å². The molecule has 0 spiro atoms. The molecule has 2 heterocycles. The van der Waals surface area contributed by atoms with Gasteiger partial charge in [-0.15, -0.1) is 0 Å². The third kappa shape index (κ3) is 6.18. The van der Waals surface area contributed by atoms with Gasteiger partial charge in [0.25, 0.3) is 0 Å². The highest BCUT2D eigenvalue weighted by atomic mass is 28.3. The van der Waals surface area contributed by atoms with E-state index in [2.05, 4.69) is 51.4 Å². The molecule has 6 heteroatoms. The van der Waals surface area contributed by atoms with Crippen molar-refractivity contribution < 1.29 is 19.0 Å². The predicted octanol–water partition coefficient (Wildman–Crippen LogP) is 5.03. The molecular formula is C24H45NO4Si. The second kappa shape index (κ2) is 11.3. The summed E-state index contributed by atoms with van der Waals surface area (Å²) in [6.45, 7) is 15.4. The van der Waals surface area contributed by atoms with Gasteiger partial charge in [-0.25, -0.2) is 0 Å². The number of hydrogen-bond acceptors (Lipinski definition) is 5. The van der Waals surface area contributed by atoms with E-state index in [-0.39, 0.29) is 29.8 Å². The average molecular weight is 440 g/mol. The van der Waals surface area contributed by atoms with Crippen LogP contribution in [0, 0.1) is 0 Å². The SMILES string of the molecule is CC/C=C/[C@H]1OC(=O)CC(N2CCC[C@H]2C(CC)(CC)OC)[C@H]1OCC[Si](C)(C)C. The fourth-order valence-corrected chi connectivity index (χ4v) is 5.83. The molecule has 1 unspecified atom stereocenters. The van der Waals surface area contributed by atoms with Gasteiger partial charge in [0.15, 0.2) is 0 Å². The van der Waals surface area contributed by atoms with Gasteiger partial charge >= 0.3 is 5.97 Å². The van der Waals surface area contributed by atoms with Crippen LogP contribution in [0.2, 0.25) is 25.7 Å². The Morgan fingerprint density at radius 1 is 1.23 bits per heavy atom. The quantitative estimate of drug-likeness (QED) is 0.257. The Bertz CT molecular complexity index is 562. The molecule has 2 aliphatic rings. The molecule has 174 valence electrons. The largest absolute Gasteiger partial charge is 0.455 e. The normalized spacial score (nSPS) is 29.0. The van der Waals surface area contributed by atoms with Crippen molar-refractivity contribution in [2.24, 2.45) is 0 Å². The van der Waals surface area contributed by atoms with Crippen LogP contribution in [0.4, 0.5) is 0 Å². The van der Waals surface area contributed by atoms with E-state index >= 15 is 0 Å². The summed E-state index contributed by atoms with van der Waals surface area (Å²) >= 11 is 0. The van der Waals surface area contributed by atoms with Crippen molar-refractivity contribution in [3.8, 4) is 0 Å². The molecule has 0 radical (unpaired) electrons. The molecule has 0 aromatic carbocycles. The first-order valence-electron chi connectivity index (χ1n) is 12.0. The van der Waals surface area contributed by atoms with Crippen LogP contribution in [0.25, 0.3) is 0 Å². The number of nitrogens with zero attached hydrogens (tertiary/aromatic N) is 1. The molecule has 2 aliphatic heterocycles. The van der Waals surface area contributed by atoms with E-state index < -0.39 is 8.07 Å². The lowest BCUT2D eigenvalue weighted by molar-refractivity contribution is -0.178. The van der Waals surface area contributed by atoms with Crippen LogP contribution < -0.4 is 0 Å². The van der Waals surface area contributed by atoms with Crippen LogP contribution in [-0.4, -0.2) is 69.1 Å². The molecular weight excluding hydrogens is 394 g/mol. The van der Waals surface area contributed by atoms with Gasteiger partial charge in [0, 0.05) is 27.8 Å². The number of hydrogen-bond donors (Lipinski definition) is 0. The molecule has 0 bridgehead atoms. The smallest absolute Gasteiger partial charge is 0.308 e. The van der Waals surface area contributed by atoms with E-state index in [0.717, 1.165) is 51.3 Å². The third-order valence-electron chi connectivity index (χ3n) is 7.00. The number of carbonyl (C=O) groups excluding carboxylic acids is 1. The molecule has 0 aliphatic carbocycles. The van der Waals surface area contributed by atoms with Gasteiger partial charge in [-0.1, -0.05) is 46.5 Å². The number of allylic oxidation sites excluding steroid dienone is 1. The molecule has 0 N–H and O–H groups in total. The highest BCUT2D eigenvalue weighted by Gasteiger charge is 2.50. The van der Waals surface area contributed by atoms with Gasteiger partial charge in [-0.2, -0.15) is 0 Å². The zero-order chi connectivity index (χ0) is 22.4. The minimum absolute atomic E-state index is 0.0412. The van der Waals surface area contributed by atoms with Crippen molar-refractivity contribution in [3.05, 3.63) is 12.2 Å². The summed E-state index contributed by atoms with van der Waals surface area (Å²) in [5.74, 6) is -0.113. The fourth-order valence-electron chi connectivity index (χ4n) is 5.10. The Morgan fingerprint density at radius 2 is 1.93 bits per heavy atom. The van der Waals surface area contributed by atoms with E-state index in [4.69, 9.17) is 14.2 Å². The summed E-state index contributed by atoms with van der Waals surface area (Å²) in [7, 11) is 0.639. The maximum atomic E-state index is 12.6. The summed E-state index contributed by atoms with van der Waals surface area (Å²) < 4.78 is 18.4. The minimum atomic E-state index is -1.20. The molecule has 0 aromatic rings.